The second kappa shape index (κ2) is 10.6. The Kier molecular flexibility index (Phi) is 8.17. The number of nitrogens with one attached hydrogen (secondary N) is 2. The van der Waals surface area contributed by atoms with Gasteiger partial charge in [-0.2, -0.15) is 8.78 Å². The number of halogens is 2. The van der Waals surface area contributed by atoms with Crippen molar-refractivity contribution in [1.29, 1.82) is 0 Å². The predicted molar refractivity (Wildman–Crippen MR) is 98.0 cm³/mol. The van der Waals surface area contributed by atoms with Gasteiger partial charge in [-0.15, -0.1) is 0 Å². The van der Waals surface area contributed by atoms with Crippen LogP contribution < -0.4 is 20.1 Å². The van der Waals surface area contributed by atoms with Crippen molar-refractivity contribution in [3.8, 4) is 11.5 Å². The summed E-state index contributed by atoms with van der Waals surface area (Å²) in [6, 6.07) is 2.83. The molecule has 0 unspecified atom stereocenters. The van der Waals surface area contributed by atoms with Gasteiger partial charge >= 0.3 is 18.6 Å². The molecule has 8 nitrogen and oxygen atoms in total. The maximum Gasteiger partial charge on any atom is 0.387 e. The van der Waals surface area contributed by atoms with Crippen molar-refractivity contribution in [1.82, 2.24) is 10.6 Å². The van der Waals surface area contributed by atoms with E-state index in [1.54, 1.807) is 0 Å². The van der Waals surface area contributed by atoms with Gasteiger partial charge < -0.3 is 19.5 Å². The van der Waals surface area contributed by atoms with Gasteiger partial charge in [-0.05, 0) is 37.0 Å². The van der Waals surface area contributed by atoms with Crippen molar-refractivity contribution < 1.29 is 37.4 Å². The van der Waals surface area contributed by atoms with Gasteiger partial charge in [-0.3, -0.25) is 10.1 Å². The molecular formula is C19H24F2N2O6. The van der Waals surface area contributed by atoms with Crippen LogP contribution in [0.3, 0.4) is 0 Å². The molecule has 29 heavy (non-hydrogen) atoms. The number of urea groups is 1. The molecule has 0 saturated heterocycles. The lowest BCUT2D eigenvalue weighted by Gasteiger charge is -2.29. The minimum atomic E-state index is -3.05. The monoisotopic (exact) mass is 414 g/mol. The number of imide groups is 1. The molecular weight excluding hydrogens is 390 g/mol. The van der Waals surface area contributed by atoms with Gasteiger partial charge in [0.1, 0.15) is 0 Å². The molecule has 0 spiro atoms. The first-order valence-electron chi connectivity index (χ1n) is 9.20. The predicted octanol–water partition coefficient (Wildman–Crippen LogP) is 2.86. The molecule has 3 amide bonds. The van der Waals surface area contributed by atoms with E-state index in [4.69, 9.17) is 9.47 Å². The molecule has 2 rings (SSSR count). The van der Waals surface area contributed by atoms with Crippen molar-refractivity contribution in [3.63, 3.8) is 0 Å². The third-order valence-corrected chi connectivity index (χ3v) is 4.63. The summed E-state index contributed by atoms with van der Waals surface area (Å²) in [6.45, 7) is -1.68. The summed E-state index contributed by atoms with van der Waals surface area (Å²) in [5.74, 6) is -1.68. The Hall–Kier alpha value is -2.91. The van der Waals surface area contributed by atoms with Gasteiger partial charge in [0.15, 0.2) is 18.1 Å². The molecule has 160 valence electrons. The Morgan fingerprint density at radius 2 is 1.90 bits per heavy atom. The zero-order chi connectivity index (χ0) is 21.4. The van der Waals surface area contributed by atoms with Crippen LogP contribution >= 0.6 is 0 Å². The van der Waals surface area contributed by atoms with Gasteiger partial charge in [-0.1, -0.05) is 19.8 Å². The molecule has 0 aliphatic heterocycles. The van der Waals surface area contributed by atoms with E-state index in [1.807, 2.05) is 6.92 Å². The number of hydrogen-bond donors (Lipinski definition) is 2. The van der Waals surface area contributed by atoms with E-state index < -0.39 is 31.1 Å². The minimum Gasteiger partial charge on any atom is -0.493 e. The summed E-state index contributed by atoms with van der Waals surface area (Å²) in [7, 11) is 1.22. The smallest absolute Gasteiger partial charge is 0.387 e. The van der Waals surface area contributed by atoms with E-state index in [0.29, 0.717) is 5.92 Å². The number of benzene rings is 1. The summed E-state index contributed by atoms with van der Waals surface area (Å²) in [6.07, 6.45) is 4.01. The lowest BCUT2D eigenvalue weighted by molar-refractivity contribution is -0.123. The average Bonchev–Trinajstić information content (AvgIpc) is 2.67. The van der Waals surface area contributed by atoms with Crippen LogP contribution in [0.15, 0.2) is 18.2 Å². The summed E-state index contributed by atoms with van der Waals surface area (Å²) in [5, 5.41) is 4.87. The van der Waals surface area contributed by atoms with Crippen molar-refractivity contribution >= 4 is 17.9 Å². The molecule has 1 aliphatic carbocycles. The molecule has 2 N–H and O–H groups in total. The largest absolute Gasteiger partial charge is 0.493 e. The standard InChI is InChI=1S/C19H24F2N2O6/c1-11-5-3-4-6-13(11)22-19(26)23-16(24)10-28-17(25)12-7-8-14(29-18(20)21)15(9-12)27-2/h7-9,11,13,18H,3-6,10H2,1-2H3,(H2,22,23,24,26)/t11-,13-/m0/s1. The van der Waals surface area contributed by atoms with Crippen LogP contribution in [0.5, 0.6) is 11.5 Å². The first kappa shape index (κ1) is 22.4. The quantitative estimate of drug-likeness (QED) is 0.665. The lowest BCUT2D eigenvalue weighted by Crippen LogP contribution is -2.48. The van der Waals surface area contributed by atoms with Crippen molar-refractivity contribution in [2.75, 3.05) is 13.7 Å². The Balaban J connectivity index is 1.83. The van der Waals surface area contributed by atoms with Crippen LogP contribution in [0.2, 0.25) is 0 Å². The topological polar surface area (TPSA) is 103 Å². The van der Waals surface area contributed by atoms with Crippen molar-refractivity contribution in [3.05, 3.63) is 23.8 Å². The van der Waals surface area contributed by atoms with Crippen molar-refractivity contribution in [2.45, 2.75) is 45.3 Å². The third-order valence-electron chi connectivity index (χ3n) is 4.63. The SMILES string of the molecule is COc1cc(C(=O)OCC(=O)NC(=O)N[C@H]2CCCC[C@@H]2C)ccc1OC(F)F. The molecule has 2 atom stereocenters. The van der Waals surface area contributed by atoms with E-state index in [-0.39, 0.29) is 23.1 Å². The van der Waals surface area contributed by atoms with Gasteiger partial charge in [0.25, 0.3) is 5.91 Å². The highest BCUT2D eigenvalue weighted by molar-refractivity contribution is 5.97. The van der Waals surface area contributed by atoms with Crippen molar-refractivity contribution in [2.24, 2.45) is 5.92 Å². The fourth-order valence-corrected chi connectivity index (χ4v) is 3.10. The summed E-state index contributed by atoms with van der Waals surface area (Å²) < 4.78 is 38.7. The Labute approximate surface area is 166 Å². The van der Waals surface area contributed by atoms with Gasteiger partial charge in [0, 0.05) is 6.04 Å². The maximum absolute atomic E-state index is 12.3. The normalized spacial score (nSPS) is 18.7. The number of carbonyl (C=O) groups excluding carboxylic acids is 3. The molecule has 0 heterocycles. The summed E-state index contributed by atoms with van der Waals surface area (Å²) >= 11 is 0. The average molecular weight is 414 g/mol. The first-order valence-corrected chi connectivity index (χ1v) is 9.20. The fourth-order valence-electron chi connectivity index (χ4n) is 3.10. The molecule has 1 fully saturated rings. The number of carbonyl (C=O) groups is 3. The number of hydrogen-bond acceptors (Lipinski definition) is 6. The van der Waals surface area contributed by atoms with Gasteiger partial charge in [-0.25, -0.2) is 9.59 Å². The number of alkyl halides is 2. The highest BCUT2D eigenvalue weighted by Crippen LogP contribution is 2.29. The molecule has 0 radical (unpaired) electrons. The Morgan fingerprint density at radius 3 is 2.55 bits per heavy atom. The first-order chi connectivity index (χ1) is 13.8. The second-order valence-corrected chi connectivity index (χ2v) is 6.71. The van der Waals surface area contributed by atoms with Crippen LogP contribution in [-0.4, -0.2) is 44.3 Å². The second-order valence-electron chi connectivity index (χ2n) is 6.71. The zero-order valence-corrected chi connectivity index (χ0v) is 16.2. The molecule has 1 aliphatic rings. The van der Waals surface area contributed by atoms with E-state index in [0.717, 1.165) is 37.8 Å². The molecule has 0 bridgehead atoms. The number of esters is 1. The van der Waals surface area contributed by atoms with Crippen LogP contribution in [0.25, 0.3) is 0 Å². The third kappa shape index (κ3) is 6.88. The van der Waals surface area contributed by atoms with E-state index in [2.05, 4.69) is 15.4 Å². The van der Waals surface area contributed by atoms with Crippen LogP contribution in [0.4, 0.5) is 13.6 Å². The number of rotatable bonds is 7. The number of ether oxygens (including phenoxy) is 3. The Morgan fingerprint density at radius 1 is 1.17 bits per heavy atom. The van der Waals surface area contributed by atoms with Crippen LogP contribution in [0, 0.1) is 5.92 Å². The van der Waals surface area contributed by atoms with E-state index in [1.165, 1.54) is 13.2 Å². The maximum atomic E-state index is 12.3. The van der Waals surface area contributed by atoms with Crippen LogP contribution in [-0.2, 0) is 9.53 Å². The molecule has 10 heteroatoms. The Bertz CT molecular complexity index is 743. The lowest BCUT2D eigenvalue weighted by atomic mass is 9.86. The van der Waals surface area contributed by atoms with Gasteiger partial charge in [0.05, 0.1) is 12.7 Å². The highest BCUT2D eigenvalue weighted by Gasteiger charge is 2.23. The molecule has 0 aromatic heterocycles. The molecule has 1 aromatic rings. The van der Waals surface area contributed by atoms with Gasteiger partial charge in [0.2, 0.25) is 0 Å². The summed E-state index contributed by atoms with van der Waals surface area (Å²) in [5.41, 5.74) is -0.0308. The highest BCUT2D eigenvalue weighted by atomic mass is 19.3. The molecule has 1 aromatic carbocycles. The minimum absolute atomic E-state index is 0.000498. The summed E-state index contributed by atoms with van der Waals surface area (Å²) in [4.78, 5) is 35.8. The van der Waals surface area contributed by atoms with E-state index in [9.17, 15) is 23.2 Å². The number of amides is 3. The van der Waals surface area contributed by atoms with Crippen LogP contribution in [0.1, 0.15) is 43.0 Å². The number of methoxy groups -OCH3 is 1. The molecule has 1 saturated carbocycles. The van der Waals surface area contributed by atoms with E-state index >= 15 is 0 Å². The fraction of sp³-hybridized carbons (Fsp3) is 0.526. The zero-order valence-electron chi connectivity index (χ0n) is 16.2.